The normalized spacial score (nSPS) is 22.6. The van der Waals surface area contributed by atoms with Gasteiger partial charge < -0.3 is 10.2 Å². The van der Waals surface area contributed by atoms with Crippen LogP contribution in [0.2, 0.25) is 0 Å². The summed E-state index contributed by atoms with van der Waals surface area (Å²) in [4.78, 5) is 25.3. The topological polar surface area (TPSA) is 49.4 Å². The number of rotatable bonds is 2. The van der Waals surface area contributed by atoms with E-state index in [2.05, 4.69) is 26.1 Å². The predicted molar refractivity (Wildman–Crippen MR) is 62.8 cm³/mol. The molecular weight excluding hydrogens is 204 g/mol. The zero-order valence-corrected chi connectivity index (χ0v) is 10.8. The molecule has 1 rings (SSSR count). The molecule has 1 N–H and O–H groups in total. The zero-order chi connectivity index (χ0) is 12.5. The molecule has 0 aromatic heterocycles. The van der Waals surface area contributed by atoms with Crippen molar-refractivity contribution >= 4 is 11.8 Å². The maximum absolute atomic E-state index is 11.8. The molecule has 0 saturated carbocycles. The van der Waals surface area contributed by atoms with E-state index < -0.39 is 0 Å². The quantitative estimate of drug-likeness (QED) is 0.764. The molecule has 1 unspecified atom stereocenters. The van der Waals surface area contributed by atoms with Crippen LogP contribution in [0.5, 0.6) is 0 Å². The molecule has 92 valence electrons. The number of nitrogens with one attached hydrogen (secondary N) is 1. The van der Waals surface area contributed by atoms with Crippen LogP contribution in [0.4, 0.5) is 0 Å². The summed E-state index contributed by atoms with van der Waals surface area (Å²) in [7, 11) is 0. The van der Waals surface area contributed by atoms with Crippen molar-refractivity contribution in [2.24, 2.45) is 11.3 Å². The number of hydrogen-bond donors (Lipinski definition) is 1. The maximum Gasteiger partial charge on any atom is 0.243 e. The average Bonchev–Trinajstić information content (AvgIpc) is 2.08. The summed E-state index contributed by atoms with van der Waals surface area (Å²) >= 11 is 0. The van der Waals surface area contributed by atoms with E-state index >= 15 is 0 Å². The van der Waals surface area contributed by atoms with E-state index in [4.69, 9.17) is 0 Å². The SMILES string of the molecule is CC(C)C1C(=O)NCC(=O)N1CC(C)(C)C. The van der Waals surface area contributed by atoms with Gasteiger partial charge in [0.25, 0.3) is 0 Å². The average molecular weight is 226 g/mol. The Hall–Kier alpha value is -1.06. The number of hydrogen-bond acceptors (Lipinski definition) is 2. The highest BCUT2D eigenvalue weighted by atomic mass is 16.2. The standard InChI is InChI=1S/C12H22N2O2/c1-8(2)10-11(16)13-6-9(15)14(10)7-12(3,4)5/h8,10H,6-7H2,1-5H3,(H,13,16). The van der Waals surface area contributed by atoms with E-state index in [-0.39, 0.29) is 35.7 Å². The second kappa shape index (κ2) is 4.44. The molecule has 1 fully saturated rings. The fraction of sp³-hybridized carbons (Fsp3) is 0.833. The lowest BCUT2D eigenvalue weighted by Crippen LogP contribution is -2.61. The Kier molecular flexibility index (Phi) is 3.61. The van der Waals surface area contributed by atoms with Gasteiger partial charge in [-0.2, -0.15) is 0 Å². The van der Waals surface area contributed by atoms with Gasteiger partial charge in [-0.1, -0.05) is 34.6 Å². The van der Waals surface area contributed by atoms with Crippen molar-refractivity contribution in [1.82, 2.24) is 10.2 Å². The van der Waals surface area contributed by atoms with Crippen LogP contribution in [0, 0.1) is 11.3 Å². The predicted octanol–water partition coefficient (Wildman–Crippen LogP) is 1.02. The second-order valence-electron chi connectivity index (χ2n) is 5.99. The number of amides is 2. The maximum atomic E-state index is 11.8. The summed E-state index contributed by atoms with van der Waals surface area (Å²) in [5.41, 5.74) is 0.0143. The molecule has 1 aliphatic heterocycles. The van der Waals surface area contributed by atoms with Gasteiger partial charge in [0, 0.05) is 6.54 Å². The molecule has 4 heteroatoms. The molecule has 0 aromatic rings. The Labute approximate surface area is 97.4 Å². The molecule has 1 atom stereocenters. The van der Waals surface area contributed by atoms with Crippen LogP contribution in [0.1, 0.15) is 34.6 Å². The third-order valence-electron chi connectivity index (χ3n) is 2.61. The van der Waals surface area contributed by atoms with Crippen molar-refractivity contribution < 1.29 is 9.59 Å². The minimum absolute atomic E-state index is 0.0143. The number of carbonyl (C=O) groups is 2. The van der Waals surface area contributed by atoms with Crippen LogP contribution >= 0.6 is 0 Å². The molecule has 0 aromatic carbocycles. The molecular formula is C12H22N2O2. The third-order valence-corrected chi connectivity index (χ3v) is 2.61. The highest BCUT2D eigenvalue weighted by molar-refractivity contribution is 5.95. The van der Waals surface area contributed by atoms with Crippen molar-refractivity contribution in [3.63, 3.8) is 0 Å². The van der Waals surface area contributed by atoms with Gasteiger partial charge in [0.2, 0.25) is 11.8 Å². The minimum Gasteiger partial charge on any atom is -0.345 e. The van der Waals surface area contributed by atoms with Gasteiger partial charge in [0.1, 0.15) is 6.04 Å². The molecule has 1 heterocycles. The van der Waals surface area contributed by atoms with Gasteiger partial charge in [-0.15, -0.1) is 0 Å². The van der Waals surface area contributed by atoms with Gasteiger partial charge in [0.05, 0.1) is 6.54 Å². The molecule has 1 saturated heterocycles. The fourth-order valence-electron chi connectivity index (χ4n) is 2.03. The number of nitrogens with zero attached hydrogens (tertiary/aromatic N) is 1. The summed E-state index contributed by atoms with van der Waals surface area (Å²) in [6, 6.07) is -0.319. The highest BCUT2D eigenvalue weighted by Crippen LogP contribution is 2.22. The Morgan fingerprint density at radius 2 is 1.94 bits per heavy atom. The second-order valence-corrected chi connectivity index (χ2v) is 5.99. The first-order valence-electron chi connectivity index (χ1n) is 5.79. The summed E-state index contributed by atoms with van der Waals surface area (Å²) in [6.07, 6.45) is 0. The van der Waals surface area contributed by atoms with Gasteiger partial charge in [-0.25, -0.2) is 0 Å². The van der Waals surface area contributed by atoms with Crippen LogP contribution in [0.15, 0.2) is 0 Å². The molecule has 0 aliphatic carbocycles. The zero-order valence-electron chi connectivity index (χ0n) is 10.8. The van der Waals surface area contributed by atoms with Crippen molar-refractivity contribution in [2.45, 2.75) is 40.7 Å². The molecule has 16 heavy (non-hydrogen) atoms. The summed E-state index contributed by atoms with van der Waals surface area (Å²) in [6.45, 7) is 10.9. The van der Waals surface area contributed by atoms with Crippen molar-refractivity contribution in [2.75, 3.05) is 13.1 Å². The lowest BCUT2D eigenvalue weighted by atomic mass is 9.92. The minimum atomic E-state index is -0.319. The van der Waals surface area contributed by atoms with Gasteiger partial charge in [-0.05, 0) is 11.3 Å². The van der Waals surface area contributed by atoms with E-state index in [1.54, 1.807) is 4.90 Å². The van der Waals surface area contributed by atoms with Gasteiger partial charge in [-0.3, -0.25) is 9.59 Å². The molecule has 2 amide bonds. The van der Waals surface area contributed by atoms with E-state index in [1.807, 2.05) is 13.8 Å². The highest BCUT2D eigenvalue weighted by Gasteiger charge is 2.37. The summed E-state index contributed by atoms with van der Waals surface area (Å²) < 4.78 is 0. The van der Waals surface area contributed by atoms with Crippen LogP contribution in [0.3, 0.4) is 0 Å². The number of carbonyl (C=O) groups excluding carboxylic acids is 2. The summed E-state index contributed by atoms with van der Waals surface area (Å²) in [5, 5.41) is 2.65. The first-order valence-corrected chi connectivity index (χ1v) is 5.79. The fourth-order valence-corrected chi connectivity index (χ4v) is 2.03. The Bertz CT molecular complexity index is 292. The Balaban J connectivity index is 2.89. The lowest BCUT2D eigenvalue weighted by molar-refractivity contribution is -0.148. The van der Waals surface area contributed by atoms with E-state index in [9.17, 15) is 9.59 Å². The molecule has 0 radical (unpaired) electrons. The van der Waals surface area contributed by atoms with E-state index in [1.165, 1.54) is 0 Å². The van der Waals surface area contributed by atoms with Crippen molar-refractivity contribution in [3.05, 3.63) is 0 Å². The smallest absolute Gasteiger partial charge is 0.243 e. The monoisotopic (exact) mass is 226 g/mol. The third kappa shape index (κ3) is 2.97. The van der Waals surface area contributed by atoms with Crippen LogP contribution in [-0.2, 0) is 9.59 Å². The van der Waals surface area contributed by atoms with Crippen LogP contribution in [0.25, 0.3) is 0 Å². The Morgan fingerprint density at radius 3 is 2.38 bits per heavy atom. The lowest BCUT2D eigenvalue weighted by Gasteiger charge is -2.40. The molecule has 0 spiro atoms. The van der Waals surface area contributed by atoms with Gasteiger partial charge in [0.15, 0.2) is 0 Å². The first kappa shape index (κ1) is 13.0. The molecule has 4 nitrogen and oxygen atoms in total. The van der Waals surface area contributed by atoms with Crippen molar-refractivity contribution in [1.29, 1.82) is 0 Å². The van der Waals surface area contributed by atoms with E-state index in [0.717, 1.165) is 0 Å². The Morgan fingerprint density at radius 1 is 1.38 bits per heavy atom. The van der Waals surface area contributed by atoms with E-state index in [0.29, 0.717) is 6.54 Å². The van der Waals surface area contributed by atoms with Crippen molar-refractivity contribution in [3.8, 4) is 0 Å². The summed E-state index contributed by atoms with van der Waals surface area (Å²) in [5.74, 6) is 0.138. The van der Waals surface area contributed by atoms with Gasteiger partial charge >= 0.3 is 0 Å². The molecule has 1 aliphatic rings. The number of piperazine rings is 1. The largest absolute Gasteiger partial charge is 0.345 e. The van der Waals surface area contributed by atoms with Crippen LogP contribution < -0.4 is 5.32 Å². The molecule has 0 bridgehead atoms. The first-order chi connectivity index (χ1) is 7.22. The van der Waals surface area contributed by atoms with Crippen LogP contribution in [-0.4, -0.2) is 35.8 Å².